The van der Waals surface area contributed by atoms with Crippen LogP contribution in [0.15, 0.2) is 0 Å². The number of hydrogen-bond acceptors (Lipinski definition) is 2. The summed E-state index contributed by atoms with van der Waals surface area (Å²) in [5, 5.41) is 4.01. The van der Waals surface area contributed by atoms with Crippen molar-refractivity contribution in [1.29, 1.82) is 0 Å². The predicted octanol–water partition coefficient (Wildman–Crippen LogP) is 4.63. The van der Waals surface area contributed by atoms with Gasteiger partial charge in [0.15, 0.2) is 0 Å². The minimum Gasteiger partial charge on any atom is -0.377 e. The minimum absolute atomic E-state index is 0.286. The van der Waals surface area contributed by atoms with Gasteiger partial charge in [-0.15, -0.1) is 0 Å². The van der Waals surface area contributed by atoms with Crippen LogP contribution in [-0.2, 0) is 4.74 Å². The summed E-state index contributed by atoms with van der Waals surface area (Å²) in [7, 11) is 0. The molecule has 2 aliphatic carbocycles. The Kier molecular flexibility index (Phi) is 5.76. The molecule has 0 aliphatic heterocycles. The molecule has 2 nitrogen and oxygen atoms in total. The molecule has 21 heavy (non-hydrogen) atoms. The van der Waals surface area contributed by atoms with Crippen LogP contribution in [-0.4, -0.2) is 24.8 Å². The first kappa shape index (κ1) is 17.3. The fraction of sp³-hybridized carbons (Fsp3) is 1.00. The van der Waals surface area contributed by atoms with Gasteiger partial charge in [-0.1, -0.05) is 54.4 Å². The van der Waals surface area contributed by atoms with E-state index < -0.39 is 0 Å². The first-order valence-corrected chi connectivity index (χ1v) is 9.20. The van der Waals surface area contributed by atoms with Gasteiger partial charge in [-0.2, -0.15) is 0 Å². The van der Waals surface area contributed by atoms with Gasteiger partial charge in [0, 0.05) is 24.1 Å². The van der Waals surface area contributed by atoms with E-state index in [4.69, 9.17) is 4.74 Å². The monoisotopic (exact) mass is 295 g/mol. The molecule has 0 heterocycles. The Labute approximate surface area is 132 Å². The number of rotatable bonds is 6. The maximum Gasteiger partial charge on any atom is 0.0656 e. The zero-order valence-electron chi connectivity index (χ0n) is 15.1. The summed E-state index contributed by atoms with van der Waals surface area (Å²) in [6.45, 7) is 14.9. The molecule has 4 atom stereocenters. The van der Waals surface area contributed by atoms with Crippen LogP contribution < -0.4 is 5.32 Å². The second-order valence-corrected chi connectivity index (χ2v) is 8.79. The van der Waals surface area contributed by atoms with Crippen LogP contribution in [0.4, 0.5) is 0 Å². The van der Waals surface area contributed by atoms with Crippen molar-refractivity contribution in [2.75, 3.05) is 6.61 Å². The first-order valence-electron chi connectivity index (χ1n) is 9.20. The van der Waals surface area contributed by atoms with E-state index in [1.54, 1.807) is 0 Å². The van der Waals surface area contributed by atoms with Gasteiger partial charge in [-0.05, 0) is 37.0 Å². The topological polar surface area (TPSA) is 21.3 Å². The summed E-state index contributed by atoms with van der Waals surface area (Å²) < 4.78 is 6.11. The fourth-order valence-corrected chi connectivity index (χ4v) is 4.18. The Morgan fingerprint density at radius 2 is 1.76 bits per heavy atom. The van der Waals surface area contributed by atoms with Crippen molar-refractivity contribution >= 4 is 0 Å². The van der Waals surface area contributed by atoms with Crippen molar-refractivity contribution in [3.8, 4) is 0 Å². The Morgan fingerprint density at radius 3 is 2.33 bits per heavy atom. The van der Waals surface area contributed by atoms with Crippen molar-refractivity contribution in [2.45, 2.75) is 91.8 Å². The predicted molar refractivity (Wildman–Crippen MR) is 90.5 cm³/mol. The van der Waals surface area contributed by atoms with Gasteiger partial charge in [0.05, 0.1) is 6.10 Å². The lowest BCUT2D eigenvalue weighted by Gasteiger charge is -2.54. The van der Waals surface area contributed by atoms with E-state index in [0.717, 1.165) is 24.5 Å². The molecule has 2 saturated carbocycles. The van der Waals surface area contributed by atoms with Gasteiger partial charge in [0.2, 0.25) is 0 Å². The molecule has 0 bridgehead atoms. The zero-order chi connectivity index (χ0) is 15.6. The van der Waals surface area contributed by atoms with Crippen molar-refractivity contribution < 1.29 is 4.74 Å². The SMILES string of the molecule is CC(C)COC1CC(NC2CCCCC2C(C)C)C1(C)C. The molecule has 0 aromatic rings. The second-order valence-electron chi connectivity index (χ2n) is 8.79. The Hall–Kier alpha value is -0.0800. The summed E-state index contributed by atoms with van der Waals surface area (Å²) in [5.74, 6) is 2.31. The van der Waals surface area contributed by atoms with E-state index in [0.29, 0.717) is 18.1 Å². The first-order chi connectivity index (χ1) is 9.82. The third kappa shape index (κ3) is 4.01. The average molecular weight is 296 g/mol. The zero-order valence-corrected chi connectivity index (χ0v) is 15.1. The molecule has 0 radical (unpaired) electrons. The smallest absolute Gasteiger partial charge is 0.0656 e. The lowest BCUT2D eigenvalue weighted by atomic mass is 9.63. The molecule has 2 heteroatoms. The molecule has 0 spiro atoms. The Bertz CT molecular complexity index is 324. The summed E-state index contributed by atoms with van der Waals surface area (Å²) in [6, 6.07) is 1.37. The number of hydrogen-bond donors (Lipinski definition) is 1. The molecule has 1 N–H and O–H groups in total. The van der Waals surface area contributed by atoms with Crippen LogP contribution in [0.3, 0.4) is 0 Å². The van der Waals surface area contributed by atoms with E-state index in [1.165, 1.54) is 32.1 Å². The van der Waals surface area contributed by atoms with E-state index in [2.05, 4.69) is 46.9 Å². The minimum atomic E-state index is 0.286. The lowest BCUT2D eigenvalue weighted by molar-refractivity contribution is -0.128. The van der Waals surface area contributed by atoms with E-state index >= 15 is 0 Å². The normalized spacial score (nSPS) is 36.0. The number of ether oxygens (including phenoxy) is 1. The van der Waals surface area contributed by atoms with Crippen LogP contribution in [0.1, 0.15) is 73.6 Å². The third-order valence-corrected chi connectivity index (χ3v) is 5.90. The maximum atomic E-state index is 6.11. The van der Waals surface area contributed by atoms with Crippen molar-refractivity contribution in [1.82, 2.24) is 5.32 Å². The highest BCUT2D eigenvalue weighted by Gasteiger charge is 2.50. The fourth-order valence-electron chi connectivity index (χ4n) is 4.18. The summed E-state index contributed by atoms with van der Waals surface area (Å²) >= 11 is 0. The van der Waals surface area contributed by atoms with E-state index in [9.17, 15) is 0 Å². The lowest BCUT2D eigenvalue weighted by Crippen LogP contribution is -2.64. The van der Waals surface area contributed by atoms with Crippen molar-refractivity contribution in [3.05, 3.63) is 0 Å². The van der Waals surface area contributed by atoms with Crippen molar-refractivity contribution in [3.63, 3.8) is 0 Å². The van der Waals surface area contributed by atoms with Crippen LogP contribution in [0.2, 0.25) is 0 Å². The molecule has 0 saturated heterocycles. The van der Waals surface area contributed by atoms with Crippen LogP contribution in [0.25, 0.3) is 0 Å². The highest BCUT2D eigenvalue weighted by atomic mass is 16.5. The van der Waals surface area contributed by atoms with Gasteiger partial charge in [-0.25, -0.2) is 0 Å². The molecule has 0 amide bonds. The number of nitrogens with one attached hydrogen (secondary N) is 1. The average Bonchev–Trinajstić information content (AvgIpc) is 2.41. The Morgan fingerprint density at radius 1 is 1.10 bits per heavy atom. The highest BCUT2D eigenvalue weighted by Crippen LogP contribution is 2.44. The van der Waals surface area contributed by atoms with Gasteiger partial charge in [-0.3, -0.25) is 0 Å². The molecular weight excluding hydrogens is 258 g/mol. The van der Waals surface area contributed by atoms with Crippen LogP contribution in [0.5, 0.6) is 0 Å². The molecule has 124 valence electrons. The summed E-state index contributed by atoms with van der Waals surface area (Å²) in [4.78, 5) is 0. The van der Waals surface area contributed by atoms with Crippen LogP contribution in [0, 0.1) is 23.2 Å². The maximum absolute atomic E-state index is 6.11. The highest BCUT2D eigenvalue weighted by molar-refractivity contribution is 5.04. The summed E-state index contributed by atoms with van der Waals surface area (Å²) in [5.41, 5.74) is 0.286. The van der Waals surface area contributed by atoms with E-state index in [-0.39, 0.29) is 5.41 Å². The van der Waals surface area contributed by atoms with E-state index in [1.807, 2.05) is 0 Å². The third-order valence-electron chi connectivity index (χ3n) is 5.90. The molecule has 2 aliphatic rings. The molecular formula is C19H37NO. The van der Waals surface area contributed by atoms with Gasteiger partial charge >= 0.3 is 0 Å². The molecule has 2 fully saturated rings. The van der Waals surface area contributed by atoms with Gasteiger partial charge in [0.25, 0.3) is 0 Å². The molecule has 2 rings (SSSR count). The Balaban J connectivity index is 1.86. The summed E-state index contributed by atoms with van der Waals surface area (Å²) in [6.07, 6.45) is 7.25. The standard InChI is InChI=1S/C19H37NO/c1-13(2)12-21-18-11-17(19(18,5)6)20-16-10-8-7-9-15(16)14(3)4/h13-18,20H,7-12H2,1-6H3. The quantitative estimate of drug-likeness (QED) is 0.771. The second kappa shape index (κ2) is 7.00. The molecule has 4 unspecified atom stereocenters. The molecule has 0 aromatic heterocycles. The molecule has 0 aromatic carbocycles. The van der Waals surface area contributed by atoms with Crippen molar-refractivity contribution in [2.24, 2.45) is 23.2 Å². The largest absolute Gasteiger partial charge is 0.377 e. The van der Waals surface area contributed by atoms with Gasteiger partial charge < -0.3 is 10.1 Å². The van der Waals surface area contributed by atoms with Crippen LogP contribution >= 0.6 is 0 Å². The van der Waals surface area contributed by atoms with Gasteiger partial charge in [0.1, 0.15) is 0 Å².